The van der Waals surface area contributed by atoms with Crippen LogP contribution in [0.3, 0.4) is 0 Å². The van der Waals surface area contributed by atoms with Gasteiger partial charge in [-0.25, -0.2) is 13.2 Å². The van der Waals surface area contributed by atoms with E-state index in [0.29, 0.717) is 0 Å². The molecule has 0 bridgehead atoms. The Labute approximate surface area is 107 Å². The van der Waals surface area contributed by atoms with E-state index in [2.05, 4.69) is 10.6 Å². The van der Waals surface area contributed by atoms with Gasteiger partial charge < -0.3 is 15.7 Å². The van der Waals surface area contributed by atoms with Crippen molar-refractivity contribution >= 4 is 21.8 Å². The topological polar surface area (TPSA) is 113 Å². The van der Waals surface area contributed by atoms with Crippen molar-refractivity contribution in [3.05, 3.63) is 0 Å². The molecule has 0 aromatic heterocycles. The first-order valence-corrected chi connectivity index (χ1v) is 7.38. The van der Waals surface area contributed by atoms with Crippen LogP contribution >= 0.6 is 0 Å². The van der Waals surface area contributed by atoms with Gasteiger partial charge >= 0.3 is 12.0 Å². The number of carboxylic acid groups (broad SMARTS) is 1. The number of carbonyl (C=O) groups is 2. The maximum absolute atomic E-state index is 11.3. The number of aliphatic carboxylic acids is 1. The van der Waals surface area contributed by atoms with Gasteiger partial charge in [-0.05, 0) is 13.8 Å². The van der Waals surface area contributed by atoms with Gasteiger partial charge in [0.05, 0.1) is 11.2 Å². The van der Waals surface area contributed by atoms with Gasteiger partial charge in [0, 0.05) is 18.8 Å². The van der Waals surface area contributed by atoms with E-state index in [0.717, 1.165) is 0 Å². The number of carboxylic acids is 1. The van der Waals surface area contributed by atoms with Crippen LogP contribution in [0, 0.1) is 5.41 Å². The molecule has 0 aliphatic carbocycles. The second-order valence-electron chi connectivity index (χ2n) is 4.53. The first-order chi connectivity index (χ1) is 8.10. The Balaban J connectivity index is 3.97. The molecule has 0 aromatic carbocycles. The largest absolute Gasteiger partial charge is 0.481 e. The highest BCUT2D eigenvalue weighted by Gasteiger charge is 2.27. The van der Waals surface area contributed by atoms with Gasteiger partial charge in [0.15, 0.2) is 9.84 Å². The minimum absolute atomic E-state index is 0.00943. The summed E-state index contributed by atoms with van der Waals surface area (Å²) in [6, 6.07) is -0.573. The van der Waals surface area contributed by atoms with Crippen molar-refractivity contribution in [2.75, 3.05) is 24.6 Å². The van der Waals surface area contributed by atoms with Crippen molar-refractivity contribution in [1.82, 2.24) is 10.6 Å². The Morgan fingerprint density at radius 1 is 1.22 bits per heavy atom. The number of rotatable bonds is 7. The molecule has 3 N–H and O–H groups in total. The normalized spacial score (nSPS) is 11.9. The monoisotopic (exact) mass is 280 g/mol. The fraction of sp³-hybridized carbons (Fsp3) is 0.800. The van der Waals surface area contributed by atoms with Crippen molar-refractivity contribution in [1.29, 1.82) is 0 Å². The number of amides is 2. The van der Waals surface area contributed by atoms with Gasteiger partial charge in [0.1, 0.15) is 0 Å². The maximum atomic E-state index is 11.3. The maximum Gasteiger partial charge on any atom is 0.314 e. The SMILES string of the molecule is CCS(=O)(=O)CCNC(=O)NCC(C)(C)C(=O)O. The predicted molar refractivity (Wildman–Crippen MR) is 67.1 cm³/mol. The van der Waals surface area contributed by atoms with Gasteiger partial charge in [-0.15, -0.1) is 0 Å². The summed E-state index contributed by atoms with van der Waals surface area (Å²) < 4.78 is 22.3. The molecule has 0 fully saturated rings. The van der Waals surface area contributed by atoms with Crippen molar-refractivity contribution < 1.29 is 23.1 Å². The van der Waals surface area contributed by atoms with Gasteiger partial charge in [0.25, 0.3) is 0 Å². The predicted octanol–water partition coefficient (Wildman–Crippen LogP) is -0.169. The number of nitrogens with one attached hydrogen (secondary N) is 2. The zero-order chi connectivity index (χ0) is 14.4. The van der Waals surface area contributed by atoms with Crippen LogP contribution in [-0.2, 0) is 14.6 Å². The summed E-state index contributed by atoms with van der Waals surface area (Å²) in [5.74, 6) is -1.11. The number of hydrogen-bond donors (Lipinski definition) is 3. The lowest BCUT2D eigenvalue weighted by molar-refractivity contribution is -0.146. The van der Waals surface area contributed by atoms with Crippen LogP contribution in [0.15, 0.2) is 0 Å². The zero-order valence-electron chi connectivity index (χ0n) is 10.8. The fourth-order valence-corrected chi connectivity index (χ4v) is 1.61. The third kappa shape index (κ3) is 6.43. The molecule has 0 saturated heterocycles. The number of carbonyl (C=O) groups excluding carboxylic acids is 1. The molecule has 0 rings (SSSR count). The molecule has 8 heteroatoms. The Morgan fingerprint density at radius 2 is 1.78 bits per heavy atom. The van der Waals surface area contributed by atoms with Crippen LogP contribution in [0.1, 0.15) is 20.8 Å². The molecule has 0 aliphatic heterocycles. The molecular weight excluding hydrogens is 260 g/mol. The van der Waals surface area contributed by atoms with Crippen LogP contribution in [0.4, 0.5) is 4.79 Å². The molecule has 0 unspecified atom stereocenters. The minimum atomic E-state index is -3.11. The average molecular weight is 280 g/mol. The fourth-order valence-electron chi connectivity index (χ4n) is 0.904. The van der Waals surface area contributed by atoms with Crippen molar-refractivity contribution in [2.45, 2.75) is 20.8 Å². The summed E-state index contributed by atoms with van der Waals surface area (Å²) in [7, 11) is -3.11. The molecule has 0 aromatic rings. The highest BCUT2D eigenvalue weighted by atomic mass is 32.2. The van der Waals surface area contributed by atoms with Gasteiger partial charge in [0.2, 0.25) is 0 Å². The van der Waals surface area contributed by atoms with E-state index in [4.69, 9.17) is 5.11 Å². The van der Waals surface area contributed by atoms with E-state index < -0.39 is 27.3 Å². The molecule has 2 amide bonds. The summed E-state index contributed by atoms with van der Waals surface area (Å²) in [6.45, 7) is 4.48. The number of hydrogen-bond acceptors (Lipinski definition) is 4. The Kier molecular flexibility index (Phi) is 6.10. The van der Waals surface area contributed by atoms with E-state index in [1.807, 2.05) is 0 Å². The molecule has 106 valence electrons. The Hall–Kier alpha value is -1.31. The van der Waals surface area contributed by atoms with Crippen molar-refractivity contribution in [3.63, 3.8) is 0 Å². The third-order valence-corrected chi connectivity index (χ3v) is 4.11. The van der Waals surface area contributed by atoms with Crippen molar-refractivity contribution in [3.8, 4) is 0 Å². The lowest BCUT2D eigenvalue weighted by atomic mass is 9.94. The van der Waals surface area contributed by atoms with E-state index in [-0.39, 0.29) is 24.6 Å². The van der Waals surface area contributed by atoms with Crippen LogP contribution in [0.25, 0.3) is 0 Å². The van der Waals surface area contributed by atoms with Gasteiger partial charge in [-0.1, -0.05) is 6.92 Å². The van der Waals surface area contributed by atoms with E-state index in [9.17, 15) is 18.0 Å². The molecular formula is C10H20N2O5S. The highest BCUT2D eigenvalue weighted by Crippen LogP contribution is 2.12. The molecule has 0 radical (unpaired) electrons. The smallest absolute Gasteiger partial charge is 0.314 e. The molecule has 0 atom stereocenters. The van der Waals surface area contributed by atoms with Gasteiger partial charge in [-0.3, -0.25) is 4.79 Å². The third-order valence-electron chi connectivity index (χ3n) is 2.41. The highest BCUT2D eigenvalue weighted by molar-refractivity contribution is 7.91. The van der Waals surface area contributed by atoms with Gasteiger partial charge in [-0.2, -0.15) is 0 Å². The lowest BCUT2D eigenvalue weighted by Crippen LogP contribution is -2.44. The zero-order valence-corrected chi connectivity index (χ0v) is 11.6. The lowest BCUT2D eigenvalue weighted by Gasteiger charge is -2.19. The molecule has 18 heavy (non-hydrogen) atoms. The molecule has 0 aliphatic rings. The summed E-state index contributed by atoms with van der Waals surface area (Å²) >= 11 is 0. The van der Waals surface area contributed by atoms with Crippen molar-refractivity contribution in [2.24, 2.45) is 5.41 Å². The summed E-state index contributed by atoms with van der Waals surface area (Å²) in [6.07, 6.45) is 0. The first-order valence-electron chi connectivity index (χ1n) is 5.56. The van der Waals surface area contributed by atoms with Crippen LogP contribution in [-0.4, -0.2) is 50.1 Å². The molecule has 7 nitrogen and oxygen atoms in total. The Morgan fingerprint density at radius 3 is 2.22 bits per heavy atom. The van der Waals surface area contributed by atoms with Crippen LogP contribution < -0.4 is 10.6 Å². The molecule has 0 heterocycles. The van der Waals surface area contributed by atoms with Crippen LogP contribution in [0.2, 0.25) is 0 Å². The Bertz CT molecular complexity index is 402. The standard InChI is InChI=1S/C10H20N2O5S/c1-4-18(16,17)6-5-11-9(15)12-7-10(2,3)8(13)14/h4-7H2,1-3H3,(H,13,14)(H2,11,12,15). The number of urea groups is 1. The molecule has 0 spiro atoms. The van der Waals surface area contributed by atoms with E-state index in [1.165, 1.54) is 20.8 Å². The molecule has 0 saturated carbocycles. The number of sulfone groups is 1. The van der Waals surface area contributed by atoms with E-state index >= 15 is 0 Å². The quantitative estimate of drug-likeness (QED) is 0.599. The summed E-state index contributed by atoms with van der Waals surface area (Å²) in [4.78, 5) is 22.0. The summed E-state index contributed by atoms with van der Waals surface area (Å²) in [5, 5.41) is 13.6. The summed E-state index contributed by atoms with van der Waals surface area (Å²) in [5.41, 5.74) is -1.06. The minimum Gasteiger partial charge on any atom is -0.481 e. The first kappa shape index (κ1) is 16.7. The second-order valence-corrected chi connectivity index (χ2v) is 7.01. The van der Waals surface area contributed by atoms with E-state index in [1.54, 1.807) is 0 Å². The average Bonchev–Trinajstić information content (AvgIpc) is 2.26. The second kappa shape index (κ2) is 6.58. The van der Waals surface area contributed by atoms with Crippen LogP contribution in [0.5, 0.6) is 0 Å².